The van der Waals surface area contributed by atoms with Crippen molar-refractivity contribution in [1.82, 2.24) is 0 Å². The fourth-order valence-corrected chi connectivity index (χ4v) is 5.34. The molecule has 5 nitrogen and oxygen atoms in total. The molecule has 2 aromatic rings. The highest BCUT2D eigenvalue weighted by Crippen LogP contribution is 2.65. The number of carboxylic acids is 1. The molecular formula is C26H31ClO5. The molecule has 172 valence electrons. The topological polar surface area (TPSA) is 72.8 Å². The van der Waals surface area contributed by atoms with Crippen LogP contribution in [-0.2, 0) is 20.4 Å². The van der Waals surface area contributed by atoms with Gasteiger partial charge in [0.1, 0.15) is 11.5 Å². The number of carbonyl (C=O) groups excluding carboxylic acids is 1. The minimum Gasteiger partial charge on any atom is -0.497 e. The van der Waals surface area contributed by atoms with Crippen molar-refractivity contribution >= 4 is 22.8 Å². The molecule has 0 spiro atoms. The van der Waals surface area contributed by atoms with Gasteiger partial charge in [-0.05, 0) is 70.7 Å². The summed E-state index contributed by atoms with van der Waals surface area (Å²) in [5.41, 5.74) is 0.442. The first kappa shape index (κ1) is 24.1. The third kappa shape index (κ3) is 3.77. The highest BCUT2D eigenvalue weighted by Gasteiger charge is 2.68. The van der Waals surface area contributed by atoms with E-state index < -0.39 is 16.8 Å². The zero-order valence-electron chi connectivity index (χ0n) is 19.5. The van der Waals surface area contributed by atoms with E-state index in [-0.39, 0.29) is 16.1 Å². The molecule has 32 heavy (non-hydrogen) atoms. The Balaban J connectivity index is 0.000000181. The van der Waals surface area contributed by atoms with E-state index in [0.29, 0.717) is 6.42 Å². The number of benzene rings is 2. The smallest absolute Gasteiger partial charge is 0.314 e. The number of methoxy groups -OCH3 is 2. The van der Waals surface area contributed by atoms with E-state index in [1.165, 1.54) is 0 Å². The molecule has 0 heterocycles. The zero-order chi connectivity index (χ0) is 23.9. The second kappa shape index (κ2) is 8.11. The summed E-state index contributed by atoms with van der Waals surface area (Å²) < 4.78 is 10.2. The lowest BCUT2D eigenvalue weighted by Gasteiger charge is -2.16. The monoisotopic (exact) mass is 458 g/mol. The van der Waals surface area contributed by atoms with Gasteiger partial charge in [-0.3, -0.25) is 9.59 Å². The zero-order valence-corrected chi connectivity index (χ0v) is 20.2. The fraction of sp³-hybridized carbons (Fsp3) is 0.462. The van der Waals surface area contributed by atoms with Crippen molar-refractivity contribution in [2.45, 2.75) is 51.4 Å². The molecule has 2 fully saturated rings. The van der Waals surface area contributed by atoms with Crippen LogP contribution in [0, 0.1) is 10.8 Å². The van der Waals surface area contributed by atoms with Crippen LogP contribution in [0.4, 0.5) is 0 Å². The number of hydrogen-bond donors (Lipinski definition) is 1. The van der Waals surface area contributed by atoms with E-state index in [0.717, 1.165) is 29.0 Å². The average Bonchev–Trinajstić information content (AvgIpc) is 3.57. The number of carboxylic acid groups (broad SMARTS) is 1. The van der Waals surface area contributed by atoms with E-state index in [1.54, 1.807) is 14.2 Å². The molecular weight excluding hydrogens is 428 g/mol. The Labute approximate surface area is 194 Å². The molecule has 2 saturated carbocycles. The minimum atomic E-state index is -0.734. The summed E-state index contributed by atoms with van der Waals surface area (Å²) in [6.45, 7) is 8.12. The maximum absolute atomic E-state index is 11.6. The van der Waals surface area contributed by atoms with Gasteiger partial charge in [-0.25, -0.2) is 0 Å². The summed E-state index contributed by atoms with van der Waals surface area (Å²) in [4.78, 5) is 23.1. The lowest BCUT2D eigenvalue weighted by atomic mass is 9.88. The van der Waals surface area contributed by atoms with Crippen molar-refractivity contribution in [3.05, 3.63) is 59.7 Å². The Morgan fingerprint density at radius 1 is 0.750 bits per heavy atom. The Morgan fingerprint density at radius 3 is 1.28 bits per heavy atom. The fourth-order valence-electron chi connectivity index (χ4n) is 4.91. The summed E-state index contributed by atoms with van der Waals surface area (Å²) in [5.74, 6) is 0.810. The van der Waals surface area contributed by atoms with Crippen molar-refractivity contribution < 1.29 is 24.2 Å². The lowest BCUT2D eigenvalue weighted by molar-refractivity contribution is -0.141. The molecule has 2 aliphatic rings. The normalized spacial score (nSPS) is 26.2. The number of ether oxygens (including phenoxy) is 2. The predicted molar refractivity (Wildman–Crippen MR) is 125 cm³/mol. The van der Waals surface area contributed by atoms with Crippen LogP contribution in [0.3, 0.4) is 0 Å². The van der Waals surface area contributed by atoms with Crippen LogP contribution in [0.2, 0.25) is 0 Å². The van der Waals surface area contributed by atoms with Crippen molar-refractivity contribution in [3.63, 3.8) is 0 Å². The molecule has 0 saturated heterocycles. The summed E-state index contributed by atoms with van der Waals surface area (Å²) in [6.07, 6.45) is 1.51. The van der Waals surface area contributed by atoms with Crippen LogP contribution in [0.15, 0.2) is 48.5 Å². The molecule has 2 aromatic carbocycles. The highest BCUT2D eigenvalue weighted by atomic mass is 35.5. The molecule has 0 aromatic heterocycles. The molecule has 1 N–H and O–H groups in total. The van der Waals surface area contributed by atoms with Crippen LogP contribution < -0.4 is 9.47 Å². The molecule has 6 heteroatoms. The van der Waals surface area contributed by atoms with Gasteiger partial charge in [0.05, 0.1) is 25.0 Å². The van der Waals surface area contributed by atoms with Crippen molar-refractivity contribution in [1.29, 1.82) is 0 Å². The molecule has 2 unspecified atom stereocenters. The predicted octanol–water partition coefficient (Wildman–Crippen LogP) is 5.58. The molecule has 2 aliphatic carbocycles. The van der Waals surface area contributed by atoms with Gasteiger partial charge in [-0.2, -0.15) is 0 Å². The summed E-state index contributed by atoms with van der Waals surface area (Å²) in [7, 11) is 3.22. The number of halogens is 1. The van der Waals surface area contributed by atoms with Gasteiger partial charge in [0, 0.05) is 0 Å². The summed E-state index contributed by atoms with van der Waals surface area (Å²) >= 11 is 5.75. The van der Waals surface area contributed by atoms with E-state index in [4.69, 9.17) is 21.1 Å². The Hall–Kier alpha value is -2.53. The first-order chi connectivity index (χ1) is 14.9. The molecule has 0 aliphatic heterocycles. The Bertz CT molecular complexity index is 926. The van der Waals surface area contributed by atoms with Gasteiger partial charge < -0.3 is 14.6 Å². The molecule has 2 atom stereocenters. The molecule has 0 radical (unpaired) electrons. The number of rotatable bonds is 6. The number of carbonyl (C=O) groups is 2. The second-order valence-corrected chi connectivity index (χ2v) is 10.3. The van der Waals surface area contributed by atoms with Crippen LogP contribution in [0.25, 0.3) is 0 Å². The van der Waals surface area contributed by atoms with Crippen LogP contribution >= 0.6 is 11.6 Å². The van der Waals surface area contributed by atoms with Crippen molar-refractivity contribution in [3.8, 4) is 11.5 Å². The van der Waals surface area contributed by atoms with Gasteiger partial charge in [0.15, 0.2) is 0 Å². The number of hydrogen-bond acceptors (Lipinski definition) is 4. The van der Waals surface area contributed by atoms with Gasteiger partial charge in [0.25, 0.3) is 0 Å². The van der Waals surface area contributed by atoms with Crippen LogP contribution in [-0.4, -0.2) is 30.5 Å². The second-order valence-electron chi connectivity index (χ2n) is 9.97. The van der Waals surface area contributed by atoms with Crippen LogP contribution in [0.5, 0.6) is 11.5 Å². The third-order valence-electron chi connectivity index (χ3n) is 7.34. The third-order valence-corrected chi connectivity index (χ3v) is 7.66. The van der Waals surface area contributed by atoms with E-state index in [2.05, 4.69) is 13.8 Å². The first-order valence-electron chi connectivity index (χ1n) is 10.6. The van der Waals surface area contributed by atoms with E-state index in [1.807, 2.05) is 62.4 Å². The Kier molecular flexibility index (Phi) is 6.11. The summed E-state index contributed by atoms with van der Waals surface area (Å²) in [5, 5.41) is 9.13. The van der Waals surface area contributed by atoms with E-state index >= 15 is 0 Å². The van der Waals surface area contributed by atoms with E-state index in [9.17, 15) is 14.7 Å². The van der Waals surface area contributed by atoms with Crippen molar-refractivity contribution in [2.24, 2.45) is 10.8 Å². The molecule has 0 bridgehead atoms. The Morgan fingerprint density at radius 2 is 1.06 bits per heavy atom. The maximum Gasteiger partial charge on any atom is 0.314 e. The molecule has 4 rings (SSSR count). The standard InChI is InChI=1S/C13H15ClO2.C13H16O3/c2*1-12(2)8-13(12,11(14)15)9-4-6-10(16-3)7-5-9/h4-7H,8H2,1-3H3;4-7H,8H2,1-3H3,(H,14,15). The lowest BCUT2D eigenvalue weighted by Crippen LogP contribution is -2.25. The van der Waals surface area contributed by atoms with Gasteiger partial charge in [0.2, 0.25) is 5.24 Å². The van der Waals surface area contributed by atoms with Crippen LogP contribution in [0.1, 0.15) is 51.7 Å². The van der Waals surface area contributed by atoms with Gasteiger partial charge in [-0.1, -0.05) is 52.0 Å². The maximum atomic E-state index is 11.6. The quantitative estimate of drug-likeness (QED) is 0.572. The summed E-state index contributed by atoms with van der Waals surface area (Å²) in [6, 6.07) is 14.9. The average molecular weight is 459 g/mol. The first-order valence-corrected chi connectivity index (χ1v) is 11.0. The van der Waals surface area contributed by atoms with Crippen molar-refractivity contribution in [2.75, 3.05) is 14.2 Å². The highest BCUT2D eigenvalue weighted by molar-refractivity contribution is 6.66. The van der Waals surface area contributed by atoms with Gasteiger partial charge in [-0.15, -0.1) is 0 Å². The SMILES string of the molecule is COc1ccc(C2(C(=O)Cl)CC2(C)C)cc1.COc1ccc(C2(C(=O)O)CC2(C)C)cc1. The van der Waals surface area contributed by atoms with Gasteiger partial charge >= 0.3 is 5.97 Å². The molecule has 0 amide bonds. The minimum absolute atomic E-state index is 0.0412. The number of aliphatic carboxylic acids is 1. The largest absolute Gasteiger partial charge is 0.497 e.